The van der Waals surface area contributed by atoms with E-state index in [1.807, 2.05) is 13.0 Å². The second kappa shape index (κ2) is 9.04. The quantitative estimate of drug-likeness (QED) is 0.472. The number of nitro groups is 1. The van der Waals surface area contributed by atoms with Gasteiger partial charge in [0.25, 0.3) is 11.6 Å². The Balaban J connectivity index is 2.17. The summed E-state index contributed by atoms with van der Waals surface area (Å²) >= 11 is 3.40. The first-order chi connectivity index (χ1) is 12.4. The maximum atomic E-state index is 10.9. The SMILES string of the molecule is CCOc1cc(CNc2cccc([N+](=O)[O-])c2)cc(Br)c1OCC(N)=O. The fourth-order valence-electron chi connectivity index (χ4n) is 2.20. The van der Waals surface area contributed by atoms with Crippen LogP contribution in [0.1, 0.15) is 12.5 Å². The molecule has 0 radical (unpaired) electrons. The monoisotopic (exact) mass is 423 g/mol. The second-order valence-electron chi connectivity index (χ2n) is 5.25. The van der Waals surface area contributed by atoms with Crippen molar-refractivity contribution in [3.05, 3.63) is 56.5 Å². The highest BCUT2D eigenvalue weighted by atomic mass is 79.9. The van der Waals surface area contributed by atoms with Crippen LogP contribution in [-0.2, 0) is 11.3 Å². The molecule has 26 heavy (non-hydrogen) atoms. The third-order valence-electron chi connectivity index (χ3n) is 3.28. The van der Waals surface area contributed by atoms with Crippen molar-refractivity contribution in [2.45, 2.75) is 13.5 Å². The highest BCUT2D eigenvalue weighted by Crippen LogP contribution is 2.37. The number of halogens is 1. The first-order valence-electron chi connectivity index (χ1n) is 7.75. The third kappa shape index (κ3) is 5.35. The fourth-order valence-corrected chi connectivity index (χ4v) is 2.81. The van der Waals surface area contributed by atoms with E-state index in [9.17, 15) is 14.9 Å². The van der Waals surface area contributed by atoms with Crippen LogP contribution in [0.25, 0.3) is 0 Å². The largest absolute Gasteiger partial charge is 0.490 e. The summed E-state index contributed by atoms with van der Waals surface area (Å²) in [6, 6.07) is 9.83. The van der Waals surface area contributed by atoms with Gasteiger partial charge in [0.1, 0.15) is 0 Å². The lowest BCUT2D eigenvalue weighted by Gasteiger charge is -2.15. The van der Waals surface area contributed by atoms with Crippen LogP contribution in [0.15, 0.2) is 40.9 Å². The van der Waals surface area contributed by atoms with Crippen LogP contribution < -0.4 is 20.5 Å². The molecule has 0 saturated heterocycles. The molecule has 0 saturated carbocycles. The van der Waals surface area contributed by atoms with Gasteiger partial charge in [0.2, 0.25) is 0 Å². The fraction of sp³-hybridized carbons (Fsp3) is 0.235. The van der Waals surface area contributed by atoms with Crippen LogP contribution >= 0.6 is 15.9 Å². The van der Waals surface area contributed by atoms with Gasteiger partial charge < -0.3 is 20.5 Å². The summed E-state index contributed by atoms with van der Waals surface area (Å²) in [7, 11) is 0. The van der Waals surface area contributed by atoms with E-state index in [4.69, 9.17) is 15.2 Å². The summed E-state index contributed by atoms with van der Waals surface area (Å²) in [4.78, 5) is 21.3. The van der Waals surface area contributed by atoms with E-state index >= 15 is 0 Å². The van der Waals surface area contributed by atoms with Crippen molar-refractivity contribution in [1.82, 2.24) is 0 Å². The standard InChI is InChI=1S/C17H18BrN3O5/c1-2-25-15-7-11(6-14(18)17(15)26-10-16(19)22)9-20-12-4-3-5-13(8-12)21(23)24/h3-8,20H,2,9-10H2,1H3,(H2,19,22). The maximum absolute atomic E-state index is 10.9. The molecule has 0 aliphatic rings. The first-order valence-corrected chi connectivity index (χ1v) is 8.54. The molecule has 0 atom stereocenters. The number of non-ortho nitro benzene ring substituents is 1. The molecule has 2 aromatic rings. The Kier molecular flexibility index (Phi) is 6.79. The Hall–Kier alpha value is -2.81. The Labute approximate surface area is 158 Å². The number of nitro benzene ring substituents is 1. The van der Waals surface area contributed by atoms with Crippen molar-refractivity contribution >= 4 is 33.2 Å². The number of nitrogens with one attached hydrogen (secondary N) is 1. The number of nitrogens with two attached hydrogens (primary N) is 1. The molecule has 0 aliphatic heterocycles. The molecule has 9 heteroatoms. The van der Waals surface area contributed by atoms with E-state index in [1.165, 1.54) is 12.1 Å². The smallest absolute Gasteiger partial charge is 0.271 e. The molecule has 8 nitrogen and oxygen atoms in total. The molecule has 0 spiro atoms. The number of nitrogens with zero attached hydrogens (tertiary/aromatic N) is 1. The number of hydrogen-bond donors (Lipinski definition) is 2. The van der Waals surface area contributed by atoms with Crippen LogP contribution in [-0.4, -0.2) is 24.0 Å². The summed E-state index contributed by atoms with van der Waals surface area (Å²) in [5, 5.41) is 14.0. The number of rotatable bonds is 9. The van der Waals surface area contributed by atoms with Crippen molar-refractivity contribution in [3.8, 4) is 11.5 Å². The summed E-state index contributed by atoms with van der Waals surface area (Å²) in [6.07, 6.45) is 0. The number of primary amides is 1. The van der Waals surface area contributed by atoms with Gasteiger partial charge in [-0.05, 0) is 46.6 Å². The zero-order valence-corrected chi connectivity index (χ0v) is 15.6. The van der Waals surface area contributed by atoms with E-state index in [0.717, 1.165) is 5.56 Å². The molecule has 0 fully saturated rings. The predicted molar refractivity (Wildman–Crippen MR) is 100 cm³/mol. The van der Waals surface area contributed by atoms with Gasteiger partial charge in [0.15, 0.2) is 18.1 Å². The number of carbonyl (C=O) groups is 1. The molecule has 0 aliphatic carbocycles. The Morgan fingerprint density at radius 1 is 1.31 bits per heavy atom. The second-order valence-corrected chi connectivity index (χ2v) is 6.11. The Bertz CT molecular complexity index is 813. The summed E-state index contributed by atoms with van der Waals surface area (Å²) in [5.74, 6) is 0.277. The minimum absolute atomic E-state index is 0.0152. The molecular weight excluding hydrogens is 406 g/mol. The average Bonchev–Trinajstić information content (AvgIpc) is 2.59. The molecular formula is C17H18BrN3O5. The van der Waals surface area contributed by atoms with E-state index < -0.39 is 10.8 Å². The lowest BCUT2D eigenvalue weighted by Crippen LogP contribution is -2.20. The highest BCUT2D eigenvalue weighted by molar-refractivity contribution is 9.10. The van der Waals surface area contributed by atoms with Gasteiger partial charge in [-0.1, -0.05) is 6.07 Å². The molecule has 0 bridgehead atoms. The Morgan fingerprint density at radius 3 is 2.73 bits per heavy atom. The first kappa shape index (κ1) is 19.5. The van der Waals surface area contributed by atoms with Gasteiger partial charge in [-0.15, -0.1) is 0 Å². The van der Waals surface area contributed by atoms with Gasteiger partial charge in [-0.25, -0.2) is 0 Å². The zero-order chi connectivity index (χ0) is 19.1. The lowest BCUT2D eigenvalue weighted by atomic mass is 10.2. The summed E-state index contributed by atoms with van der Waals surface area (Å²) in [5.41, 5.74) is 6.61. The molecule has 2 rings (SSSR count). The van der Waals surface area contributed by atoms with E-state index in [0.29, 0.717) is 34.8 Å². The van der Waals surface area contributed by atoms with Crippen molar-refractivity contribution in [2.24, 2.45) is 5.73 Å². The number of carbonyl (C=O) groups excluding carboxylic acids is 1. The van der Waals surface area contributed by atoms with Crippen LogP contribution in [0.5, 0.6) is 11.5 Å². The molecule has 1 amide bonds. The topological polar surface area (TPSA) is 117 Å². The molecule has 0 unspecified atom stereocenters. The van der Waals surface area contributed by atoms with E-state index in [-0.39, 0.29) is 12.3 Å². The van der Waals surface area contributed by atoms with Gasteiger partial charge in [-0.3, -0.25) is 14.9 Å². The van der Waals surface area contributed by atoms with Crippen molar-refractivity contribution in [3.63, 3.8) is 0 Å². The van der Waals surface area contributed by atoms with Crippen molar-refractivity contribution < 1.29 is 19.2 Å². The van der Waals surface area contributed by atoms with Crippen LogP contribution in [0.2, 0.25) is 0 Å². The van der Waals surface area contributed by atoms with Crippen LogP contribution in [0.3, 0.4) is 0 Å². The van der Waals surface area contributed by atoms with Crippen LogP contribution in [0, 0.1) is 10.1 Å². The van der Waals surface area contributed by atoms with Crippen molar-refractivity contribution in [1.29, 1.82) is 0 Å². The number of hydrogen-bond acceptors (Lipinski definition) is 6. The van der Waals surface area contributed by atoms with Gasteiger partial charge in [-0.2, -0.15) is 0 Å². The van der Waals surface area contributed by atoms with Crippen molar-refractivity contribution in [2.75, 3.05) is 18.5 Å². The molecule has 0 aromatic heterocycles. The number of ether oxygens (including phenoxy) is 2. The highest BCUT2D eigenvalue weighted by Gasteiger charge is 2.14. The number of benzene rings is 2. The van der Waals surface area contributed by atoms with Gasteiger partial charge in [0, 0.05) is 24.4 Å². The van der Waals surface area contributed by atoms with Crippen LogP contribution in [0.4, 0.5) is 11.4 Å². The summed E-state index contributed by atoms with van der Waals surface area (Å²) in [6.45, 7) is 2.40. The zero-order valence-electron chi connectivity index (χ0n) is 14.0. The normalized spacial score (nSPS) is 10.2. The summed E-state index contributed by atoms with van der Waals surface area (Å²) < 4.78 is 11.6. The maximum Gasteiger partial charge on any atom is 0.271 e. The number of amides is 1. The average molecular weight is 424 g/mol. The van der Waals surface area contributed by atoms with Gasteiger partial charge >= 0.3 is 0 Å². The predicted octanol–water partition coefficient (Wildman–Crippen LogP) is 3.23. The molecule has 2 aromatic carbocycles. The lowest BCUT2D eigenvalue weighted by molar-refractivity contribution is -0.384. The van der Waals surface area contributed by atoms with Gasteiger partial charge in [0.05, 0.1) is 16.0 Å². The third-order valence-corrected chi connectivity index (χ3v) is 3.87. The minimum atomic E-state index is -0.587. The molecule has 0 heterocycles. The minimum Gasteiger partial charge on any atom is -0.490 e. The molecule has 138 valence electrons. The number of anilines is 1. The van der Waals surface area contributed by atoms with E-state index in [1.54, 1.807) is 18.2 Å². The van der Waals surface area contributed by atoms with E-state index in [2.05, 4.69) is 21.2 Å². The Morgan fingerprint density at radius 2 is 2.08 bits per heavy atom. The molecule has 3 N–H and O–H groups in total.